The van der Waals surface area contributed by atoms with Gasteiger partial charge in [-0.25, -0.2) is 0 Å². The predicted octanol–water partition coefficient (Wildman–Crippen LogP) is 1.99. The van der Waals surface area contributed by atoms with Gasteiger partial charge in [-0.05, 0) is 31.0 Å². The molecule has 2 heterocycles. The minimum absolute atomic E-state index is 0.0355. The number of carbonyl (C=O) groups excluding carboxylic acids is 1. The molecule has 1 fully saturated rings. The van der Waals surface area contributed by atoms with E-state index in [0.717, 1.165) is 42.3 Å². The Labute approximate surface area is 118 Å². The summed E-state index contributed by atoms with van der Waals surface area (Å²) in [6.07, 6.45) is 5.01. The quantitative estimate of drug-likeness (QED) is 0.896. The molecule has 1 aliphatic rings. The maximum atomic E-state index is 12.1. The second-order valence-corrected chi connectivity index (χ2v) is 5.21. The van der Waals surface area contributed by atoms with Crippen LogP contribution >= 0.6 is 0 Å². The number of rotatable bonds is 3. The number of nitrogens with zero attached hydrogens (tertiary/aromatic N) is 1. The molecule has 20 heavy (non-hydrogen) atoms. The van der Waals surface area contributed by atoms with Gasteiger partial charge in [0.1, 0.15) is 0 Å². The lowest BCUT2D eigenvalue weighted by Crippen LogP contribution is -2.46. The number of hydrogen-bond acceptors (Lipinski definition) is 3. The van der Waals surface area contributed by atoms with Crippen LogP contribution in [0.2, 0.25) is 0 Å². The minimum Gasteiger partial charge on any atom is -0.351 e. The highest BCUT2D eigenvalue weighted by molar-refractivity contribution is 5.84. The first-order chi connectivity index (χ1) is 9.84. The molecule has 104 valence electrons. The van der Waals surface area contributed by atoms with Crippen molar-refractivity contribution in [1.29, 1.82) is 0 Å². The zero-order valence-electron chi connectivity index (χ0n) is 11.4. The molecule has 2 aromatic rings. The Hall–Kier alpha value is -1.94. The fourth-order valence-corrected chi connectivity index (χ4v) is 2.69. The highest BCUT2D eigenvalue weighted by Gasteiger charge is 2.20. The van der Waals surface area contributed by atoms with Gasteiger partial charge in [-0.1, -0.05) is 30.7 Å². The molecule has 0 radical (unpaired) electrons. The molecule has 1 saturated heterocycles. The molecule has 0 spiro atoms. The molecule has 2 N–H and O–H groups in total. The van der Waals surface area contributed by atoms with Crippen molar-refractivity contribution < 1.29 is 4.79 Å². The van der Waals surface area contributed by atoms with E-state index in [1.54, 1.807) is 6.20 Å². The molecular weight excluding hydrogens is 250 g/mol. The van der Waals surface area contributed by atoms with Crippen LogP contribution in [0, 0.1) is 0 Å². The topological polar surface area (TPSA) is 54.0 Å². The average molecular weight is 269 g/mol. The Balaban J connectivity index is 1.69. The van der Waals surface area contributed by atoms with Gasteiger partial charge in [0.25, 0.3) is 0 Å². The maximum absolute atomic E-state index is 12.1. The molecule has 3 rings (SSSR count). The van der Waals surface area contributed by atoms with Crippen LogP contribution in [0.15, 0.2) is 36.5 Å². The van der Waals surface area contributed by atoms with E-state index < -0.39 is 0 Å². The van der Waals surface area contributed by atoms with Crippen LogP contribution < -0.4 is 10.6 Å². The lowest BCUT2D eigenvalue weighted by Gasteiger charge is -2.22. The van der Waals surface area contributed by atoms with Gasteiger partial charge in [-0.2, -0.15) is 0 Å². The largest absolute Gasteiger partial charge is 0.351 e. The Bertz CT molecular complexity index is 600. The van der Waals surface area contributed by atoms with E-state index >= 15 is 0 Å². The molecule has 1 amide bonds. The van der Waals surface area contributed by atoms with Crippen LogP contribution in [0.1, 0.15) is 24.8 Å². The van der Waals surface area contributed by atoms with Crippen molar-refractivity contribution in [2.24, 2.45) is 0 Å². The molecular formula is C16H19N3O. The number of nitrogens with one attached hydrogen (secondary N) is 2. The third-order valence-electron chi connectivity index (χ3n) is 3.80. The highest BCUT2D eigenvalue weighted by atomic mass is 16.2. The Morgan fingerprint density at radius 3 is 3.05 bits per heavy atom. The SMILES string of the molecule is O=C(NCc1cccc2cccnc12)[C@@H]1CCCCN1. The van der Waals surface area contributed by atoms with Gasteiger partial charge < -0.3 is 10.6 Å². The summed E-state index contributed by atoms with van der Waals surface area (Å²) in [5.74, 6) is 0.0950. The fourth-order valence-electron chi connectivity index (χ4n) is 2.69. The Morgan fingerprint density at radius 2 is 2.20 bits per heavy atom. The number of aromatic nitrogens is 1. The molecule has 0 unspecified atom stereocenters. The summed E-state index contributed by atoms with van der Waals surface area (Å²) in [4.78, 5) is 16.5. The van der Waals surface area contributed by atoms with Gasteiger partial charge in [0, 0.05) is 18.1 Å². The van der Waals surface area contributed by atoms with Crippen LogP contribution in [-0.4, -0.2) is 23.5 Å². The Morgan fingerprint density at radius 1 is 1.30 bits per heavy atom. The molecule has 1 atom stereocenters. The van der Waals surface area contributed by atoms with Crippen LogP contribution in [0.4, 0.5) is 0 Å². The smallest absolute Gasteiger partial charge is 0.237 e. The van der Waals surface area contributed by atoms with Gasteiger partial charge in [0.2, 0.25) is 5.91 Å². The number of piperidine rings is 1. The van der Waals surface area contributed by atoms with Gasteiger partial charge >= 0.3 is 0 Å². The van der Waals surface area contributed by atoms with Gasteiger partial charge in [0.15, 0.2) is 0 Å². The van der Waals surface area contributed by atoms with Gasteiger partial charge in [-0.3, -0.25) is 9.78 Å². The van der Waals surface area contributed by atoms with Crippen molar-refractivity contribution in [3.05, 3.63) is 42.1 Å². The third kappa shape index (κ3) is 2.80. The first kappa shape index (κ1) is 13.1. The van der Waals surface area contributed by atoms with E-state index in [0.29, 0.717) is 6.54 Å². The van der Waals surface area contributed by atoms with Gasteiger partial charge in [0.05, 0.1) is 11.6 Å². The number of amides is 1. The molecule has 0 bridgehead atoms. The lowest BCUT2D eigenvalue weighted by molar-refractivity contribution is -0.123. The number of benzene rings is 1. The third-order valence-corrected chi connectivity index (χ3v) is 3.80. The first-order valence-electron chi connectivity index (χ1n) is 7.18. The van der Waals surface area contributed by atoms with Crippen LogP contribution in [0.5, 0.6) is 0 Å². The fraction of sp³-hybridized carbons (Fsp3) is 0.375. The highest BCUT2D eigenvalue weighted by Crippen LogP contribution is 2.15. The molecule has 1 aliphatic heterocycles. The lowest BCUT2D eigenvalue weighted by atomic mass is 10.0. The second-order valence-electron chi connectivity index (χ2n) is 5.21. The van der Waals surface area contributed by atoms with Crippen molar-refractivity contribution in [2.45, 2.75) is 31.8 Å². The summed E-state index contributed by atoms with van der Waals surface area (Å²) in [5.41, 5.74) is 2.03. The van der Waals surface area contributed by atoms with E-state index in [1.807, 2.05) is 30.3 Å². The zero-order valence-corrected chi connectivity index (χ0v) is 11.4. The van der Waals surface area contributed by atoms with Crippen molar-refractivity contribution in [3.8, 4) is 0 Å². The first-order valence-corrected chi connectivity index (χ1v) is 7.18. The number of fused-ring (bicyclic) bond motifs is 1. The molecule has 1 aromatic heterocycles. The standard InChI is InChI=1S/C16H19N3O/c20-16(14-8-1-2-9-17-14)19-11-13-6-3-5-12-7-4-10-18-15(12)13/h3-7,10,14,17H,1-2,8-9,11H2,(H,19,20)/t14-/m0/s1. The summed E-state index contributed by atoms with van der Waals surface area (Å²) in [6, 6.07) is 9.99. The van der Waals surface area contributed by atoms with E-state index in [-0.39, 0.29) is 11.9 Å². The molecule has 1 aromatic carbocycles. The van der Waals surface area contributed by atoms with E-state index in [1.165, 1.54) is 0 Å². The Kier molecular flexibility index (Phi) is 3.92. The second kappa shape index (κ2) is 6.01. The molecule has 0 saturated carbocycles. The molecule has 4 heteroatoms. The monoisotopic (exact) mass is 269 g/mol. The summed E-state index contributed by atoms with van der Waals surface area (Å²) in [5, 5.41) is 7.39. The molecule has 4 nitrogen and oxygen atoms in total. The zero-order chi connectivity index (χ0) is 13.8. The van der Waals surface area contributed by atoms with Crippen LogP contribution in [0.3, 0.4) is 0 Å². The van der Waals surface area contributed by atoms with E-state index in [2.05, 4.69) is 15.6 Å². The van der Waals surface area contributed by atoms with E-state index in [9.17, 15) is 4.79 Å². The van der Waals surface area contributed by atoms with Crippen molar-refractivity contribution in [2.75, 3.05) is 6.54 Å². The summed E-state index contributed by atoms with van der Waals surface area (Å²) >= 11 is 0. The van der Waals surface area contributed by atoms with E-state index in [4.69, 9.17) is 0 Å². The van der Waals surface area contributed by atoms with Crippen molar-refractivity contribution in [1.82, 2.24) is 15.6 Å². The van der Waals surface area contributed by atoms with Crippen LogP contribution in [-0.2, 0) is 11.3 Å². The van der Waals surface area contributed by atoms with Gasteiger partial charge in [-0.15, -0.1) is 0 Å². The minimum atomic E-state index is -0.0355. The number of hydrogen-bond donors (Lipinski definition) is 2. The summed E-state index contributed by atoms with van der Waals surface area (Å²) < 4.78 is 0. The van der Waals surface area contributed by atoms with Crippen LogP contribution in [0.25, 0.3) is 10.9 Å². The number of carbonyl (C=O) groups is 1. The van der Waals surface area contributed by atoms with Crippen molar-refractivity contribution in [3.63, 3.8) is 0 Å². The maximum Gasteiger partial charge on any atom is 0.237 e. The summed E-state index contributed by atoms with van der Waals surface area (Å²) in [6.45, 7) is 1.47. The summed E-state index contributed by atoms with van der Waals surface area (Å²) in [7, 11) is 0. The number of pyridine rings is 1. The normalized spacial score (nSPS) is 18.9. The van der Waals surface area contributed by atoms with Crippen molar-refractivity contribution >= 4 is 16.8 Å². The predicted molar refractivity (Wildman–Crippen MR) is 79.2 cm³/mol. The number of para-hydroxylation sites is 1. The molecule has 0 aliphatic carbocycles. The average Bonchev–Trinajstić information content (AvgIpc) is 2.53.